The quantitative estimate of drug-likeness (QED) is 0.826. The Bertz CT molecular complexity index is 436. The molecule has 2 rings (SSSR count). The molecular formula is C12H14INO3. The Morgan fingerprint density at radius 3 is 2.88 bits per heavy atom. The molecule has 92 valence electrons. The molecule has 4 nitrogen and oxygen atoms in total. The fraction of sp³-hybridized carbons (Fsp3) is 0.417. The Morgan fingerprint density at radius 2 is 2.35 bits per heavy atom. The van der Waals surface area contributed by atoms with Crippen LogP contribution in [0.5, 0.6) is 5.75 Å². The van der Waals surface area contributed by atoms with Gasteiger partial charge in [-0.1, -0.05) is 0 Å². The first-order valence-corrected chi connectivity index (χ1v) is 6.50. The van der Waals surface area contributed by atoms with E-state index in [0.717, 1.165) is 9.32 Å². The van der Waals surface area contributed by atoms with Gasteiger partial charge in [0.25, 0.3) is 5.91 Å². The number of hydrogen-bond acceptors (Lipinski definition) is 3. The molecule has 1 aliphatic heterocycles. The number of β-amino-alcohol motifs (C(OH)–C–C–N with tert-alkyl or cyclic N) is 1. The molecule has 17 heavy (non-hydrogen) atoms. The lowest BCUT2D eigenvalue weighted by Crippen LogP contribution is -2.29. The molecule has 1 aromatic rings. The van der Waals surface area contributed by atoms with Gasteiger partial charge in [0.2, 0.25) is 0 Å². The Labute approximate surface area is 114 Å². The van der Waals surface area contributed by atoms with Gasteiger partial charge >= 0.3 is 0 Å². The molecule has 1 N–H and O–H groups in total. The number of amides is 1. The molecule has 1 fully saturated rings. The van der Waals surface area contributed by atoms with Crippen molar-refractivity contribution in [1.82, 2.24) is 4.90 Å². The summed E-state index contributed by atoms with van der Waals surface area (Å²) in [6.07, 6.45) is 0.287. The van der Waals surface area contributed by atoms with Crippen molar-refractivity contribution in [3.63, 3.8) is 0 Å². The van der Waals surface area contributed by atoms with Crippen molar-refractivity contribution in [1.29, 1.82) is 0 Å². The first-order valence-electron chi connectivity index (χ1n) is 5.42. The minimum atomic E-state index is -0.378. The second kappa shape index (κ2) is 5.22. The van der Waals surface area contributed by atoms with E-state index in [2.05, 4.69) is 22.6 Å². The van der Waals surface area contributed by atoms with Gasteiger partial charge in [-0.05, 0) is 47.2 Å². The smallest absolute Gasteiger partial charge is 0.253 e. The summed E-state index contributed by atoms with van der Waals surface area (Å²) in [5.41, 5.74) is 0.643. The number of aliphatic hydroxyl groups excluding tert-OH is 1. The number of carbonyl (C=O) groups excluding carboxylic acids is 1. The first kappa shape index (κ1) is 12.6. The van der Waals surface area contributed by atoms with Gasteiger partial charge in [0.05, 0.1) is 16.8 Å². The lowest BCUT2D eigenvalue weighted by atomic mass is 10.2. The van der Waals surface area contributed by atoms with Crippen molar-refractivity contribution in [2.45, 2.75) is 12.5 Å². The molecule has 1 atom stereocenters. The lowest BCUT2D eigenvalue weighted by Gasteiger charge is -2.16. The highest BCUT2D eigenvalue weighted by Crippen LogP contribution is 2.23. The summed E-state index contributed by atoms with van der Waals surface area (Å²) in [6, 6.07) is 5.36. The maximum absolute atomic E-state index is 12.1. The Hall–Kier alpha value is -0.820. The van der Waals surface area contributed by atoms with E-state index in [1.807, 2.05) is 6.07 Å². The van der Waals surface area contributed by atoms with E-state index in [1.54, 1.807) is 24.1 Å². The highest BCUT2D eigenvalue weighted by molar-refractivity contribution is 14.1. The van der Waals surface area contributed by atoms with E-state index >= 15 is 0 Å². The van der Waals surface area contributed by atoms with Crippen LogP contribution in [0.2, 0.25) is 0 Å². The number of hydrogen-bond donors (Lipinski definition) is 1. The van der Waals surface area contributed by atoms with Crippen molar-refractivity contribution >= 4 is 28.5 Å². The normalized spacial score (nSPS) is 19.5. The first-order chi connectivity index (χ1) is 8.11. The zero-order valence-corrected chi connectivity index (χ0v) is 11.7. The third-order valence-corrected chi connectivity index (χ3v) is 3.69. The molecule has 0 bridgehead atoms. The molecule has 0 spiro atoms. The van der Waals surface area contributed by atoms with Gasteiger partial charge < -0.3 is 14.7 Å². The summed E-state index contributed by atoms with van der Waals surface area (Å²) in [5.74, 6) is 0.741. The van der Waals surface area contributed by atoms with Gasteiger partial charge in [0.1, 0.15) is 5.75 Å². The van der Waals surface area contributed by atoms with Crippen molar-refractivity contribution in [3.8, 4) is 5.75 Å². The van der Waals surface area contributed by atoms with Crippen LogP contribution in [0.15, 0.2) is 18.2 Å². The molecule has 1 amide bonds. The molecule has 1 aliphatic rings. The molecule has 0 unspecified atom stereocenters. The van der Waals surface area contributed by atoms with E-state index in [1.165, 1.54) is 0 Å². The van der Waals surface area contributed by atoms with E-state index in [0.29, 0.717) is 25.1 Å². The monoisotopic (exact) mass is 347 g/mol. The standard InChI is InChI=1S/C12H14INO3/c1-17-11-3-2-8(6-10(11)13)12(16)14-5-4-9(15)7-14/h2-3,6,9,15H,4-5,7H2,1H3/t9-/m1/s1. The summed E-state index contributed by atoms with van der Waals surface area (Å²) in [7, 11) is 1.61. The second-order valence-corrected chi connectivity index (χ2v) is 5.21. The predicted octanol–water partition coefficient (Wildman–Crippen LogP) is 1.51. The number of ether oxygens (including phenoxy) is 1. The SMILES string of the molecule is COc1ccc(C(=O)N2CC[C@@H](O)C2)cc1I. The lowest BCUT2D eigenvalue weighted by molar-refractivity contribution is 0.0765. The number of carbonyl (C=O) groups is 1. The van der Waals surface area contributed by atoms with Crippen LogP contribution < -0.4 is 4.74 Å². The molecule has 1 saturated heterocycles. The number of likely N-dealkylation sites (tertiary alicyclic amines) is 1. The van der Waals surface area contributed by atoms with Crippen molar-refractivity contribution in [2.24, 2.45) is 0 Å². The molecule has 5 heteroatoms. The largest absolute Gasteiger partial charge is 0.496 e. The number of aliphatic hydroxyl groups is 1. The minimum absolute atomic E-state index is 0.0258. The number of halogens is 1. The Balaban J connectivity index is 2.17. The molecule has 0 aromatic heterocycles. The zero-order valence-electron chi connectivity index (χ0n) is 9.52. The number of methoxy groups -OCH3 is 1. The third kappa shape index (κ3) is 2.71. The van der Waals surface area contributed by atoms with Crippen molar-refractivity contribution < 1.29 is 14.6 Å². The average Bonchev–Trinajstić information content (AvgIpc) is 2.75. The summed E-state index contributed by atoms with van der Waals surface area (Å²) < 4.78 is 6.06. The second-order valence-electron chi connectivity index (χ2n) is 4.04. The highest BCUT2D eigenvalue weighted by Gasteiger charge is 2.25. The summed E-state index contributed by atoms with van der Waals surface area (Å²) in [6.45, 7) is 1.06. The van der Waals surface area contributed by atoms with Gasteiger partial charge in [-0.3, -0.25) is 4.79 Å². The van der Waals surface area contributed by atoms with Crippen LogP contribution in [-0.4, -0.2) is 42.2 Å². The van der Waals surface area contributed by atoms with E-state index in [-0.39, 0.29) is 12.0 Å². The third-order valence-electron chi connectivity index (χ3n) is 2.85. The fourth-order valence-electron chi connectivity index (χ4n) is 1.91. The van der Waals surface area contributed by atoms with Gasteiger partial charge in [-0.25, -0.2) is 0 Å². The predicted molar refractivity (Wildman–Crippen MR) is 72.2 cm³/mol. The van der Waals surface area contributed by atoms with E-state index in [4.69, 9.17) is 4.74 Å². The highest BCUT2D eigenvalue weighted by atomic mass is 127. The molecular weight excluding hydrogens is 333 g/mol. The Morgan fingerprint density at radius 1 is 1.59 bits per heavy atom. The summed E-state index contributed by atoms with van der Waals surface area (Å²) in [5, 5.41) is 9.42. The molecule has 0 aliphatic carbocycles. The van der Waals surface area contributed by atoms with Gasteiger partial charge in [-0.2, -0.15) is 0 Å². The average molecular weight is 347 g/mol. The van der Waals surface area contributed by atoms with Gasteiger partial charge in [-0.15, -0.1) is 0 Å². The van der Waals surface area contributed by atoms with Crippen LogP contribution in [0.1, 0.15) is 16.8 Å². The molecule has 0 radical (unpaired) electrons. The van der Waals surface area contributed by atoms with Gasteiger partial charge in [0, 0.05) is 18.7 Å². The maximum Gasteiger partial charge on any atom is 0.253 e. The molecule has 1 aromatic carbocycles. The minimum Gasteiger partial charge on any atom is -0.496 e. The fourth-order valence-corrected chi connectivity index (χ4v) is 2.64. The van der Waals surface area contributed by atoms with Crippen molar-refractivity contribution in [3.05, 3.63) is 27.3 Å². The Kier molecular flexibility index (Phi) is 3.88. The van der Waals surface area contributed by atoms with Gasteiger partial charge in [0.15, 0.2) is 0 Å². The number of nitrogens with zero attached hydrogens (tertiary/aromatic N) is 1. The zero-order chi connectivity index (χ0) is 12.4. The van der Waals surface area contributed by atoms with Crippen LogP contribution >= 0.6 is 22.6 Å². The van der Waals surface area contributed by atoms with Crippen molar-refractivity contribution in [2.75, 3.05) is 20.2 Å². The van der Waals surface area contributed by atoms with Crippen LogP contribution in [0.25, 0.3) is 0 Å². The van der Waals surface area contributed by atoms with E-state index in [9.17, 15) is 9.90 Å². The number of rotatable bonds is 2. The van der Waals surface area contributed by atoms with Crippen LogP contribution in [0.4, 0.5) is 0 Å². The van der Waals surface area contributed by atoms with Crippen LogP contribution in [-0.2, 0) is 0 Å². The van der Waals surface area contributed by atoms with E-state index < -0.39 is 0 Å². The van der Waals surface area contributed by atoms with Crippen LogP contribution in [0.3, 0.4) is 0 Å². The maximum atomic E-state index is 12.1. The summed E-state index contributed by atoms with van der Waals surface area (Å²) in [4.78, 5) is 13.8. The molecule has 1 heterocycles. The summed E-state index contributed by atoms with van der Waals surface area (Å²) >= 11 is 2.14. The number of benzene rings is 1. The topological polar surface area (TPSA) is 49.8 Å². The van der Waals surface area contributed by atoms with Crippen LogP contribution in [0, 0.1) is 3.57 Å². The molecule has 0 saturated carbocycles.